The van der Waals surface area contributed by atoms with Crippen LogP contribution in [-0.4, -0.2) is 22.5 Å². The maximum atomic E-state index is 8.76. The summed E-state index contributed by atoms with van der Waals surface area (Å²) in [5, 5.41) is 12.0. The molecule has 0 aliphatic carbocycles. The van der Waals surface area contributed by atoms with Crippen LogP contribution in [0.5, 0.6) is 0 Å². The fourth-order valence-electron chi connectivity index (χ4n) is 1.54. The maximum Gasteiger partial charge on any atom is 0.126 e. The highest BCUT2D eigenvalue weighted by Crippen LogP contribution is 2.22. The van der Waals surface area contributed by atoms with E-state index >= 15 is 0 Å². The summed E-state index contributed by atoms with van der Waals surface area (Å²) in [6, 6.07) is 7.96. The fraction of sp³-hybridized carbons (Fsp3) is 0.308. The summed E-state index contributed by atoms with van der Waals surface area (Å²) in [7, 11) is 0. The predicted molar refractivity (Wildman–Crippen MR) is 84.1 cm³/mol. The largest absolute Gasteiger partial charge is 0.396 e. The summed E-state index contributed by atoms with van der Waals surface area (Å²) < 4.78 is 0.805. The van der Waals surface area contributed by atoms with Crippen LogP contribution in [0.2, 0.25) is 4.34 Å². The van der Waals surface area contributed by atoms with E-state index in [0.717, 1.165) is 28.2 Å². The second-order valence-electron chi connectivity index (χ2n) is 3.88. The van der Waals surface area contributed by atoms with Gasteiger partial charge < -0.3 is 10.4 Å². The molecule has 0 amide bonds. The Morgan fingerprint density at radius 1 is 1.37 bits per heavy atom. The molecule has 0 saturated carbocycles. The number of rotatable bonds is 7. The van der Waals surface area contributed by atoms with Crippen LogP contribution in [0.3, 0.4) is 0 Å². The van der Waals surface area contributed by atoms with E-state index in [1.165, 1.54) is 10.4 Å². The molecular formula is C13H15ClN2OS2. The number of hydrogen-bond donors (Lipinski definition) is 2. The summed E-state index contributed by atoms with van der Waals surface area (Å²) in [5.41, 5.74) is 1.21. The van der Waals surface area contributed by atoms with E-state index in [-0.39, 0.29) is 6.61 Å². The lowest BCUT2D eigenvalue weighted by Gasteiger charge is -2.06. The van der Waals surface area contributed by atoms with Crippen molar-refractivity contribution >= 4 is 40.5 Å². The second kappa shape index (κ2) is 7.75. The first-order valence-corrected chi connectivity index (χ1v) is 8.24. The number of aromatic nitrogens is 1. The highest BCUT2D eigenvalue weighted by atomic mass is 35.5. The fourth-order valence-corrected chi connectivity index (χ4v) is 3.26. The molecule has 0 spiro atoms. The van der Waals surface area contributed by atoms with Crippen molar-refractivity contribution in [1.29, 1.82) is 0 Å². The third kappa shape index (κ3) is 5.03. The minimum absolute atomic E-state index is 0.222. The van der Waals surface area contributed by atoms with Gasteiger partial charge in [-0.15, -0.1) is 11.3 Å². The van der Waals surface area contributed by atoms with Crippen molar-refractivity contribution in [2.75, 3.05) is 17.7 Å². The van der Waals surface area contributed by atoms with Crippen molar-refractivity contribution in [2.45, 2.75) is 12.3 Å². The molecule has 2 N–H and O–H groups in total. The maximum absolute atomic E-state index is 8.76. The Kier molecular flexibility index (Phi) is 5.97. The van der Waals surface area contributed by atoms with Crippen LogP contribution in [0.15, 0.2) is 30.5 Å². The molecule has 0 bridgehead atoms. The highest BCUT2D eigenvalue weighted by Gasteiger charge is 2.00. The van der Waals surface area contributed by atoms with Crippen molar-refractivity contribution in [3.05, 3.63) is 45.2 Å². The normalized spacial score (nSPS) is 10.6. The van der Waals surface area contributed by atoms with Gasteiger partial charge in [0.1, 0.15) is 5.82 Å². The number of halogens is 1. The van der Waals surface area contributed by atoms with Gasteiger partial charge in [-0.05, 0) is 29.8 Å². The monoisotopic (exact) mass is 314 g/mol. The van der Waals surface area contributed by atoms with E-state index < -0.39 is 0 Å². The number of nitrogens with zero attached hydrogens (tertiary/aromatic N) is 1. The number of anilines is 1. The van der Waals surface area contributed by atoms with Crippen LogP contribution in [0.1, 0.15) is 10.4 Å². The van der Waals surface area contributed by atoms with Crippen molar-refractivity contribution in [1.82, 2.24) is 4.98 Å². The van der Waals surface area contributed by atoms with Crippen LogP contribution in [0.25, 0.3) is 0 Å². The molecular weight excluding hydrogens is 300 g/mol. The number of pyridine rings is 1. The number of nitrogens with one attached hydrogen (secondary N) is 1. The zero-order valence-corrected chi connectivity index (χ0v) is 12.7. The Balaban J connectivity index is 1.87. The first-order chi connectivity index (χ1) is 9.28. The molecule has 0 unspecified atom stereocenters. The molecule has 2 rings (SSSR count). The van der Waals surface area contributed by atoms with Crippen molar-refractivity contribution in [3.63, 3.8) is 0 Å². The molecule has 6 heteroatoms. The van der Waals surface area contributed by atoms with Gasteiger partial charge in [0, 0.05) is 22.6 Å². The van der Waals surface area contributed by atoms with Crippen LogP contribution in [-0.2, 0) is 12.3 Å². The summed E-state index contributed by atoms with van der Waals surface area (Å²) in [6.07, 6.45) is 1.80. The van der Waals surface area contributed by atoms with Gasteiger partial charge in [-0.1, -0.05) is 11.6 Å². The van der Waals surface area contributed by atoms with Crippen LogP contribution in [0.4, 0.5) is 5.82 Å². The number of thioether (sulfide) groups is 1. The molecule has 2 aromatic rings. The first kappa shape index (κ1) is 14.7. The predicted octanol–water partition coefficient (Wildman–Crippen LogP) is 3.63. The quantitative estimate of drug-likeness (QED) is 0.766. The van der Waals surface area contributed by atoms with Crippen LogP contribution < -0.4 is 5.32 Å². The average Bonchev–Trinajstić information content (AvgIpc) is 2.83. The summed E-state index contributed by atoms with van der Waals surface area (Å²) in [5.74, 6) is 2.52. The molecule has 3 nitrogen and oxygen atoms in total. The molecule has 0 aliphatic rings. The minimum Gasteiger partial charge on any atom is -0.396 e. The minimum atomic E-state index is 0.222. The van der Waals surface area contributed by atoms with E-state index in [9.17, 15) is 0 Å². The Labute approximate surface area is 126 Å². The lowest BCUT2D eigenvalue weighted by atomic mass is 10.3. The highest BCUT2D eigenvalue weighted by molar-refractivity contribution is 7.98. The molecule has 2 heterocycles. The lowest BCUT2D eigenvalue weighted by molar-refractivity contribution is 0.322. The molecule has 0 aromatic carbocycles. The smallest absolute Gasteiger partial charge is 0.126 e. The molecule has 0 fully saturated rings. The third-order valence-electron chi connectivity index (χ3n) is 2.40. The van der Waals surface area contributed by atoms with Gasteiger partial charge in [0.05, 0.1) is 17.5 Å². The third-order valence-corrected chi connectivity index (χ3v) is 4.64. The number of aliphatic hydroxyl groups is 1. The summed E-state index contributed by atoms with van der Waals surface area (Å²) >= 11 is 9.17. The SMILES string of the molecule is OCCSCc1ccnc(NCc2ccc(Cl)s2)c1. The number of aliphatic hydroxyl groups excluding tert-OH is 1. The van der Waals surface area contributed by atoms with Gasteiger partial charge in [0.25, 0.3) is 0 Å². The van der Waals surface area contributed by atoms with E-state index in [1.54, 1.807) is 29.3 Å². The van der Waals surface area contributed by atoms with E-state index in [2.05, 4.69) is 10.3 Å². The first-order valence-electron chi connectivity index (χ1n) is 5.89. The Hall–Kier alpha value is -0.750. The van der Waals surface area contributed by atoms with Gasteiger partial charge in [-0.25, -0.2) is 4.98 Å². The van der Waals surface area contributed by atoms with Gasteiger partial charge in [0.15, 0.2) is 0 Å². The van der Waals surface area contributed by atoms with Crippen LogP contribution in [0, 0.1) is 0 Å². The zero-order chi connectivity index (χ0) is 13.5. The molecule has 2 aromatic heterocycles. The summed E-state index contributed by atoms with van der Waals surface area (Å²) in [6.45, 7) is 0.956. The molecule has 0 atom stereocenters. The van der Waals surface area contributed by atoms with Crippen molar-refractivity contribution in [3.8, 4) is 0 Å². The Morgan fingerprint density at radius 3 is 3.00 bits per heavy atom. The number of thiophene rings is 1. The van der Waals surface area contributed by atoms with Crippen LogP contribution >= 0.6 is 34.7 Å². The van der Waals surface area contributed by atoms with Gasteiger partial charge in [-0.3, -0.25) is 0 Å². The van der Waals surface area contributed by atoms with Gasteiger partial charge >= 0.3 is 0 Å². The zero-order valence-electron chi connectivity index (χ0n) is 10.3. The molecule has 102 valence electrons. The molecule has 0 radical (unpaired) electrons. The Morgan fingerprint density at radius 2 is 2.26 bits per heavy atom. The average molecular weight is 315 g/mol. The van der Waals surface area contributed by atoms with Crippen molar-refractivity contribution < 1.29 is 5.11 Å². The second-order valence-corrected chi connectivity index (χ2v) is 6.79. The lowest BCUT2D eigenvalue weighted by Crippen LogP contribution is -2.00. The molecule has 0 saturated heterocycles. The van der Waals surface area contributed by atoms with E-state index in [1.807, 2.05) is 24.3 Å². The van der Waals surface area contributed by atoms with E-state index in [4.69, 9.17) is 16.7 Å². The van der Waals surface area contributed by atoms with E-state index in [0.29, 0.717) is 0 Å². The standard InChI is InChI=1S/C13H15ClN2OS2/c14-12-2-1-11(19-12)8-16-13-7-10(3-4-15-13)9-18-6-5-17/h1-4,7,17H,5-6,8-9H2,(H,15,16). The molecule has 0 aliphatic heterocycles. The van der Waals surface area contributed by atoms with Crippen molar-refractivity contribution in [2.24, 2.45) is 0 Å². The molecule has 19 heavy (non-hydrogen) atoms. The Bertz CT molecular complexity index is 519. The summed E-state index contributed by atoms with van der Waals surface area (Å²) in [4.78, 5) is 5.48. The van der Waals surface area contributed by atoms with Gasteiger partial charge in [-0.2, -0.15) is 11.8 Å². The topological polar surface area (TPSA) is 45.2 Å². The van der Waals surface area contributed by atoms with Gasteiger partial charge in [0.2, 0.25) is 0 Å². The number of hydrogen-bond acceptors (Lipinski definition) is 5.